The molecule has 0 fully saturated rings. The van der Waals surface area contributed by atoms with Gasteiger partial charge in [-0.2, -0.15) is 0 Å². The Bertz CT molecular complexity index is 311. The van der Waals surface area contributed by atoms with Crippen molar-refractivity contribution in [1.82, 2.24) is 5.32 Å². The zero-order valence-electron chi connectivity index (χ0n) is 9.34. The van der Waals surface area contributed by atoms with Gasteiger partial charge in [-0.25, -0.2) is 8.42 Å². The first kappa shape index (κ1) is 14.7. The number of rotatable bonds is 6. The fourth-order valence-electron chi connectivity index (χ4n) is 0.758. The fraction of sp³-hybridized carbons (Fsp3) is 0.889. The van der Waals surface area contributed by atoms with Gasteiger partial charge in [0, 0.05) is 25.1 Å². The van der Waals surface area contributed by atoms with E-state index in [9.17, 15) is 13.2 Å². The predicted octanol–water partition coefficient (Wildman–Crippen LogP) is 0.945. The van der Waals surface area contributed by atoms with Crippen LogP contribution in [0, 0.1) is 0 Å². The molecule has 15 heavy (non-hydrogen) atoms. The lowest BCUT2D eigenvalue weighted by atomic mass is 10.2. The van der Waals surface area contributed by atoms with Crippen LogP contribution in [0.3, 0.4) is 0 Å². The number of carbonyl (C=O) groups excluding carboxylic acids is 1. The number of amides is 1. The summed E-state index contributed by atoms with van der Waals surface area (Å²) in [5, 5.41) is 2.59. The van der Waals surface area contributed by atoms with E-state index >= 15 is 0 Å². The molecule has 0 rings (SSSR count). The Morgan fingerprint density at radius 1 is 1.40 bits per heavy atom. The number of nitrogens with one attached hydrogen (secondary N) is 1. The number of hydrogen-bond donors (Lipinski definition) is 1. The fourth-order valence-corrected chi connectivity index (χ4v) is 1.23. The van der Waals surface area contributed by atoms with E-state index < -0.39 is 14.6 Å². The number of hydrogen-bond acceptors (Lipinski definition) is 3. The van der Waals surface area contributed by atoms with Gasteiger partial charge in [-0.3, -0.25) is 4.79 Å². The molecule has 0 unspecified atom stereocenters. The summed E-state index contributed by atoms with van der Waals surface area (Å²) in [6, 6.07) is 0. The van der Waals surface area contributed by atoms with E-state index in [1.807, 2.05) is 0 Å². The van der Waals surface area contributed by atoms with Gasteiger partial charge in [0.25, 0.3) is 0 Å². The second-order valence-corrected chi connectivity index (χ2v) is 7.13. The van der Waals surface area contributed by atoms with Gasteiger partial charge in [-0.05, 0) is 20.3 Å². The second-order valence-electron chi connectivity index (χ2n) is 4.10. The zero-order valence-corrected chi connectivity index (χ0v) is 10.9. The summed E-state index contributed by atoms with van der Waals surface area (Å²) >= 11 is 5.43. The van der Waals surface area contributed by atoms with Crippen LogP contribution in [0.25, 0.3) is 0 Å². The maximum Gasteiger partial charge on any atom is 0.220 e. The van der Waals surface area contributed by atoms with Gasteiger partial charge >= 0.3 is 0 Å². The monoisotopic (exact) mass is 255 g/mol. The Kier molecular flexibility index (Phi) is 5.59. The Hall–Kier alpha value is -0.290. The van der Waals surface area contributed by atoms with E-state index in [-0.39, 0.29) is 12.5 Å². The average Bonchev–Trinajstić information content (AvgIpc) is 2.09. The van der Waals surface area contributed by atoms with Crippen molar-refractivity contribution >= 4 is 27.3 Å². The third-order valence-electron chi connectivity index (χ3n) is 2.25. The number of alkyl halides is 1. The highest BCUT2D eigenvalue weighted by Crippen LogP contribution is 2.13. The van der Waals surface area contributed by atoms with E-state index in [0.717, 1.165) is 6.26 Å². The molecule has 0 saturated heterocycles. The van der Waals surface area contributed by atoms with Crippen LogP contribution in [0.4, 0.5) is 0 Å². The van der Waals surface area contributed by atoms with Crippen molar-refractivity contribution in [2.24, 2.45) is 0 Å². The minimum Gasteiger partial charge on any atom is -0.355 e. The van der Waals surface area contributed by atoms with Crippen molar-refractivity contribution in [3.8, 4) is 0 Å². The second kappa shape index (κ2) is 5.70. The zero-order chi connectivity index (χ0) is 12.1. The van der Waals surface area contributed by atoms with E-state index in [0.29, 0.717) is 18.7 Å². The van der Waals surface area contributed by atoms with Crippen molar-refractivity contribution in [3.63, 3.8) is 0 Å². The first-order valence-corrected chi connectivity index (χ1v) is 7.15. The van der Waals surface area contributed by atoms with Crippen LogP contribution in [-0.4, -0.2) is 37.8 Å². The molecule has 0 aromatic rings. The summed E-state index contributed by atoms with van der Waals surface area (Å²) in [5.41, 5.74) is 0. The van der Waals surface area contributed by atoms with Crippen molar-refractivity contribution in [2.75, 3.05) is 18.7 Å². The molecule has 0 saturated carbocycles. The van der Waals surface area contributed by atoms with Crippen molar-refractivity contribution in [1.29, 1.82) is 0 Å². The summed E-state index contributed by atoms with van der Waals surface area (Å²) in [7, 11) is -3.16. The summed E-state index contributed by atoms with van der Waals surface area (Å²) in [6.45, 7) is 3.31. The Morgan fingerprint density at radius 3 is 2.33 bits per heavy atom. The van der Waals surface area contributed by atoms with Gasteiger partial charge in [-0.15, -0.1) is 11.6 Å². The highest BCUT2D eigenvalue weighted by molar-refractivity contribution is 7.92. The standard InChI is InChI=1S/C9H18ClNO3S/c1-9(2,15(3,13)14)7-11-8(12)5-4-6-10/h4-7H2,1-3H3,(H,11,12). The molecule has 6 heteroatoms. The molecule has 0 atom stereocenters. The molecule has 1 N–H and O–H groups in total. The Balaban J connectivity index is 4.11. The molecule has 0 aliphatic heterocycles. The number of halogens is 1. The van der Waals surface area contributed by atoms with E-state index in [1.165, 1.54) is 0 Å². The highest BCUT2D eigenvalue weighted by atomic mass is 35.5. The lowest BCUT2D eigenvalue weighted by Gasteiger charge is -2.22. The predicted molar refractivity (Wildman–Crippen MR) is 61.9 cm³/mol. The molecule has 0 bridgehead atoms. The third-order valence-corrected chi connectivity index (χ3v) is 4.67. The topological polar surface area (TPSA) is 63.2 Å². The first-order valence-electron chi connectivity index (χ1n) is 4.73. The van der Waals surface area contributed by atoms with Crippen LogP contribution >= 0.6 is 11.6 Å². The van der Waals surface area contributed by atoms with Gasteiger partial charge < -0.3 is 5.32 Å². The minimum atomic E-state index is -3.16. The maximum atomic E-state index is 11.3. The summed E-state index contributed by atoms with van der Waals surface area (Å²) in [5.74, 6) is 0.274. The first-order chi connectivity index (χ1) is 6.70. The summed E-state index contributed by atoms with van der Waals surface area (Å²) in [4.78, 5) is 11.2. The van der Waals surface area contributed by atoms with Gasteiger partial charge in [-0.1, -0.05) is 0 Å². The van der Waals surface area contributed by atoms with Crippen molar-refractivity contribution in [2.45, 2.75) is 31.4 Å². The van der Waals surface area contributed by atoms with E-state index in [1.54, 1.807) is 13.8 Å². The SMILES string of the molecule is CC(C)(CNC(=O)CCCCl)S(C)(=O)=O. The van der Waals surface area contributed by atoms with Crippen LogP contribution in [0.15, 0.2) is 0 Å². The lowest BCUT2D eigenvalue weighted by molar-refractivity contribution is -0.121. The molecular formula is C9H18ClNO3S. The number of sulfone groups is 1. The third kappa shape index (κ3) is 5.37. The molecule has 0 heterocycles. The van der Waals surface area contributed by atoms with Gasteiger partial charge in [0.05, 0.1) is 4.75 Å². The van der Waals surface area contributed by atoms with Crippen molar-refractivity contribution < 1.29 is 13.2 Å². The lowest BCUT2D eigenvalue weighted by Crippen LogP contribution is -2.43. The van der Waals surface area contributed by atoms with Crippen molar-refractivity contribution in [3.05, 3.63) is 0 Å². The van der Waals surface area contributed by atoms with Crippen LogP contribution < -0.4 is 5.32 Å². The van der Waals surface area contributed by atoms with Gasteiger partial charge in [0.1, 0.15) is 0 Å². The molecule has 0 aliphatic carbocycles. The summed E-state index contributed by atoms with van der Waals surface area (Å²) < 4.78 is 21.7. The van der Waals surface area contributed by atoms with E-state index in [4.69, 9.17) is 11.6 Å². The Morgan fingerprint density at radius 2 is 1.93 bits per heavy atom. The molecule has 1 amide bonds. The minimum absolute atomic E-state index is 0.132. The molecule has 90 valence electrons. The molecule has 0 aliphatic rings. The Labute approximate surface area is 96.3 Å². The van der Waals surface area contributed by atoms with Crippen LogP contribution in [0.5, 0.6) is 0 Å². The molecule has 0 spiro atoms. The van der Waals surface area contributed by atoms with Gasteiger partial charge in [0.2, 0.25) is 5.91 Å². The molecule has 0 radical (unpaired) electrons. The molecule has 0 aromatic carbocycles. The number of carbonyl (C=O) groups is 1. The maximum absolute atomic E-state index is 11.3. The van der Waals surface area contributed by atoms with Gasteiger partial charge in [0.15, 0.2) is 9.84 Å². The molecule has 0 aromatic heterocycles. The summed E-state index contributed by atoms with van der Waals surface area (Å²) in [6.07, 6.45) is 2.11. The smallest absolute Gasteiger partial charge is 0.220 e. The van der Waals surface area contributed by atoms with Crippen LogP contribution in [-0.2, 0) is 14.6 Å². The average molecular weight is 256 g/mol. The van der Waals surface area contributed by atoms with Crippen LogP contribution in [0.2, 0.25) is 0 Å². The molecular weight excluding hydrogens is 238 g/mol. The largest absolute Gasteiger partial charge is 0.355 e. The highest BCUT2D eigenvalue weighted by Gasteiger charge is 2.30. The van der Waals surface area contributed by atoms with E-state index in [2.05, 4.69) is 5.32 Å². The van der Waals surface area contributed by atoms with Crippen LogP contribution in [0.1, 0.15) is 26.7 Å². The molecule has 4 nitrogen and oxygen atoms in total. The normalized spacial score (nSPS) is 12.5. The quantitative estimate of drug-likeness (QED) is 0.719.